The van der Waals surface area contributed by atoms with Crippen molar-refractivity contribution < 1.29 is 13.5 Å². The molecule has 0 aromatic heterocycles. The first kappa shape index (κ1) is 14.7. The van der Waals surface area contributed by atoms with Gasteiger partial charge in [0.2, 0.25) is 10.0 Å². The Labute approximate surface area is 111 Å². The van der Waals surface area contributed by atoms with Crippen LogP contribution in [-0.2, 0) is 10.0 Å². The van der Waals surface area contributed by atoms with E-state index in [1.165, 1.54) is 18.2 Å². The minimum absolute atomic E-state index is 0.0539. The van der Waals surface area contributed by atoms with Gasteiger partial charge in [-0.2, -0.15) is 0 Å². The predicted octanol–water partition coefficient (Wildman–Crippen LogP) is 2.04. The molecule has 7 heteroatoms. The Morgan fingerprint density at radius 3 is 2.65 bits per heavy atom. The van der Waals surface area contributed by atoms with E-state index in [0.29, 0.717) is 6.42 Å². The summed E-state index contributed by atoms with van der Waals surface area (Å²) in [4.78, 5) is -0.0880. The van der Waals surface area contributed by atoms with Gasteiger partial charge in [0.1, 0.15) is 4.90 Å². The minimum atomic E-state index is -3.74. The molecule has 0 aliphatic rings. The van der Waals surface area contributed by atoms with Crippen molar-refractivity contribution in [2.75, 3.05) is 6.54 Å². The zero-order valence-electron chi connectivity index (χ0n) is 9.15. The number of benzene rings is 1. The van der Waals surface area contributed by atoms with Crippen LogP contribution in [0.15, 0.2) is 23.1 Å². The number of nitrogens with one attached hydrogen (secondary N) is 1. The summed E-state index contributed by atoms with van der Waals surface area (Å²) in [5.41, 5.74) is 0. The van der Waals surface area contributed by atoms with E-state index in [-0.39, 0.29) is 21.5 Å². The van der Waals surface area contributed by atoms with Gasteiger partial charge < -0.3 is 5.11 Å². The molecule has 0 fully saturated rings. The largest absolute Gasteiger partial charge is 0.392 e. The summed E-state index contributed by atoms with van der Waals surface area (Å²) in [6.45, 7) is 1.70. The number of aliphatic hydroxyl groups is 1. The SMILES string of the molecule is CCC(O)CNS(=O)(=O)c1cc(Cl)ccc1Cl. The van der Waals surface area contributed by atoms with E-state index in [4.69, 9.17) is 23.2 Å². The van der Waals surface area contributed by atoms with Gasteiger partial charge in [-0.05, 0) is 24.6 Å². The van der Waals surface area contributed by atoms with Crippen molar-refractivity contribution >= 4 is 33.2 Å². The monoisotopic (exact) mass is 297 g/mol. The molecule has 2 N–H and O–H groups in total. The van der Waals surface area contributed by atoms with Crippen molar-refractivity contribution in [3.05, 3.63) is 28.2 Å². The van der Waals surface area contributed by atoms with Crippen molar-refractivity contribution in [1.82, 2.24) is 4.72 Å². The lowest BCUT2D eigenvalue weighted by molar-refractivity contribution is 0.174. The molecule has 0 saturated heterocycles. The molecule has 1 aromatic carbocycles. The Morgan fingerprint density at radius 1 is 1.41 bits per heavy atom. The Balaban J connectivity index is 2.93. The molecule has 96 valence electrons. The van der Waals surface area contributed by atoms with Gasteiger partial charge in [-0.15, -0.1) is 0 Å². The average Bonchev–Trinajstić information content (AvgIpc) is 2.29. The summed E-state index contributed by atoms with van der Waals surface area (Å²) >= 11 is 11.5. The molecular formula is C10H13Cl2NO3S. The third-order valence-corrected chi connectivity index (χ3v) is 4.30. The van der Waals surface area contributed by atoms with E-state index >= 15 is 0 Å². The van der Waals surface area contributed by atoms with Crippen LogP contribution in [0, 0.1) is 0 Å². The Kier molecular flexibility index (Phi) is 5.22. The van der Waals surface area contributed by atoms with E-state index < -0.39 is 16.1 Å². The maximum Gasteiger partial charge on any atom is 0.242 e. The van der Waals surface area contributed by atoms with Crippen LogP contribution in [0.25, 0.3) is 0 Å². The van der Waals surface area contributed by atoms with Crippen LogP contribution < -0.4 is 4.72 Å². The fraction of sp³-hybridized carbons (Fsp3) is 0.400. The maximum atomic E-state index is 11.9. The van der Waals surface area contributed by atoms with Crippen LogP contribution in [0.3, 0.4) is 0 Å². The molecule has 0 radical (unpaired) electrons. The van der Waals surface area contributed by atoms with Crippen molar-refractivity contribution in [1.29, 1.82) is 0 Å². The molecule has 0 spiro atoms. The molecule has 1 unspecified atom stereocenters. The number of rotatable bonds is 5. The average molecular weight is 298 g/mol. The van der Waals surface area contributed by atoms with Crippen molar-refractivity contribution in [3.8, 4) is 0 Å². The van der Waals surface area contributed by atoms with Crippen LogP contribution in [0.4, 0.5) is 0 Å². The highest BCUT2D eigenvalue weighted by Gasteiger charge is 2.19. The number of aliphatic hydroxyl groups excluding tert-OH is 1. The predicted molar refractivity (Wildman–Crippen MR) is 67.9 cm³/mol. The number of hydrogen-bond donors (Lipinski definition) is 2. The topological polar surface area (TPSA) is 66.4 Å². The van der Waals surface area contributed by atoms with Gasteiger partial charge >= 0.3 is 0 Å². The normalized spacial score (nSPS) is 13.6. The van der Waals surface area contributed by atoms with Crippen LogP contribution in [-0.4, -0.2) is 26.2 Å². The van der Waals surface area contributed by atoms with Gasteiger partial charge in [-0.25, -0.2) is 13.1 Å². The number of sulfonamides is 1. The van der Waals surface area contributed by atoms with Gasteiger partial charge in [-0.1, -0.05) is 30.1 Å². The second-order valence-corrected chi connectivity index (χ2v) is 6.07. The second-order valence-electron chi connectivity index (χ2n) is 3.49. The van der Waals surface area contributed by atoms with Crippen molar-refractivity contribution in [2.24, 2.45) is 0 Å². The highest BCUT2D eigenvalue weighted by molar-refractivity contribution is 7.89. The lowest BCUT2D eigenvalue weighted by atomic mass is 10.3. The van der Waals surface area contributed by atoms with Crippen molar-refractivity contribution in [2.45, 2.75) is 24.3 Å². The van der Waals surface area contributed by atoms with E-state index in [1.54, 1.807) is 6.92 Å². The van der Waals surface area contributed by atoms with E-state index in [2.05, 4.69) is 4.72 Å². The Bertz CT molecular complexity index is 490. The third kappa shape index (κ3) is 4.12. The molecule has 0 saturated carbocycles. The molecule has 4 nitrogen and oxygen atoms in total. The summed E-state index contributed by atoms with van der Waals surface area (Å²) in [6.07, 6.45) is -0.256. The molecule has 0 aliphatic heterocycles. The molecule has 1 aromatic rings. The zero-order chi connectivity index (χ0) is 13.1. The molecule has 0 aliphatic carbocycles. The van der Waals surface area contributed by atoms with Crippen LogP contribution >= 0.6 is 23.2 Å². The van der Waals surface area contributed by atoms with Gasteiger partial charge in [0, 0.05) is 11.6 Å². The summed E-state index contributed by atoms with van der Waals surface area (Å²) in [7, 11) is -3.74. The van der Waals surface area contributed by atoms with Gasteiger partial charge in [0.25, 0.3) is 0 Å². The van der Waals surface area contributed by atoms with E-state index in [9.17, 15) is 13.5 Å². The quantitative estimate of drug-likeness (QED) is 0.874. The lowest BCUT2D eigenvalue weighted by Gasteiger charge is -2.11. The number of halogens is 2. The molecular weight excluding hydrogens is 285 g/mol. The fourth-order valence-electron chi connectivity index (χ4n) is 1.11. The Hall–Kier alpha value is -0.330. The number of hydrogen-bond acceptors (Lipinski definition) is 3. The smallest absolute Gasteiger partial charge is 0.242 e. The molecule has 0 amide bonds. The first-order valence-electron chi connectivity index (χ1n) is 4.99. The van der Waals surface area contributed by atoms with E-state index in [0.717, 1.165) is 0 Å². The molecule has 0 bridgehead atoms. The van der Waals surface area contributed by atoms with Crippen LogP contribution in [0.2, 0.25) is 10.0 Å². The molecule has 17 heavy (non-hydrogen) atoms. The molecule has 1 rings (SSSR count). The lowest BCUT2D eigenvalue weighted by Crippen LogP contribution is -2.31. The summed E-state index contributed by atoms with van der Waals surface area (Å²) in [5.74, 6) is 0. The maximum absolute atomic E-state index is 11.9. The Morgan fingerprint density at radius 2 is 2.06 bits per heavy atom. The van der Waals surface area contributed by atoms with E-state index in [1.807, 2.05) is 0 Å². The van der Waals surface area contributed by atoms with Crippen molar-refractivity contribution in [3.63, 3.8) is 0 Å². The summed E-state index contributed by atoms with van der Waals surface area (Å²) in [6, 6.07) is 4.18. The van der Waals surface area contributed by atoms with Crippen LogP contribution in [0.5, 0.6) is 0 Å². The summed E-state index contributed by atoms with van der Waals surface area (Å²) in [5, 5.41) is 9.68. The van der Waals surface area contributed by atoms with Gasteiger partial charge in [-0.3, -0.25) is 0 Å². The molecule has 1 atom stereocenters. The van der Waals surface area contributed by atoms with Crippen LogP contribution in [0.1, 0.15) is 13.3 Å². The zero-order valence-corrected chi connectivity index (χ0v) is 11.5. The highest BCUT2D eigenvalue weighted by Crippen LogP contribution is 2.24. The summed E-state index contributed by atoms with van der Waals surface area (Å²) < 4.78 is 26.0. The second kappa shape index (κ2) is 6.02. The highest BCUT2D eigenvalue weighted by atomic mass is 35.5. The fourth-order valence-corrected chi connectivity index (χ4v) is 2.94. The minimum Gasteiger partial charge on any atom is -0.392 e. The van der Waals surface area contributed by atoms with Gasteiger partial charge in [0.05, 0.1) is 11.1 Å². The third-order valence-electron chi connectivity index (χ3n) is 2.16. The molecule has 0 heterocycles. The van der Waals surface area contributed by atoms with Gasteiger partial charge in [0.15, 0.2) is 0 Å². The standard InChI is InChI=1S/C10H13Cl2NO3S/c1-2-8(14)6-13-17(15,16)10-5-7(11)3-4-9(10)12/h3-5,8,13-14H,2,6H2,1H3. The first-order chi connectivity index (χ1) is 7.86. The first-order valence-corrected chi connectivity index (χ1v) is 7.23.